The standard InChI is InChI=1S/C15H18N2O2S2/c1-8(7-10-4-3-9(2)20-10)16-15-17-13-11(14(18)19)5-6-12(13)21-15/h3-4,8,11H,5-7H2,1-2H3,(H,16,17)(H,18,19). The normalized spacial score (nSPS) is 18.5. The Bertz CT molecular complexity index is 662. The fraction of sp³-hybridized carbons (Fsp3) is 0.467. The molecule has 0 amide bonds. The highest BCUT2D eigenvalue weighted by atomic mass is 32.1. The number of nitrogens with one attached hydrogen (secondary N) is 1. The van der Waals surface area contributed by atoms with E-state index in [1.165, 1.54) is 9.75 Å². The Balaban J connectivity index is 1.66. The molecule has 6 heteroatoms. The summed E-state index contributed by atoms with van der Waals surface area (Å²) in [7, 11) is 0. The van der Waals surface area contributed by atoms with Gasteiger partial charge in [-0.3, -0.25) is 4.79 Å². The molecule has 1 aliphatic rings. The molecule has 2 atom stereocenters. The molecule has 4 nitrogen and oxygen atoms in total. The maximum absolute atomic E-state index is 11.2. The summed E-state index contributed by atoms with van der Waals surface area (Å²) >= 11 is 3.43. The van der Waals surface area contributed by atoms with Crippen molar-refractivity contribution in [2.45, 2.75) is 45.1 Å². The molecule has 0 bridgehead atoms. The monoisotopic (exact) mass is 322 g/mol. The molecule has 2 aromatic rings. The van der Waals surface area contributed by atoms with Crippen molar-refractivity contribution in [1.29, 1.82) is 0 Å². The topological polar surface area (TPSA) is 62.2 Å². The van der Waals surface area contributed by atoms with Gasteiger partial charge >= 0.3 is 5.97 Å². The van der Waals surface area contributed by atoms with E-state index >= 15 is 0 Å². The number of aliphatic carboxylic acids is 1. The summed E-state index contributed by atoms with van der Waals surface area (Å²) in [6.07, 6.45) is 2.49. The molecular weight excluding hydrogens is 304 g/mol. The average molecular weight is 322 g/mol. The van der Waals surface area contributed by atoms with Crippen molar-refractivity contribution in [1.82, 2.24) is 4.98 Å². The predicted octanol–water partition coefficient (Wildman–Crippen LogP) is 3.67. The van der Waals surface area contributed by atoms with E-state index in [0.29, 0.717) is 6.42 Å². The number of thiophene rings is 1. The predicted molar refractivity (Wildman–Crippen MR) is 86.7 cm³/mol. The molecule has 0 saturated heterocycles. The molecular formula is C15H18N2O2S2. The number of thiazole rings is 1. The van der Waals surface area contributed by atoms with Crippen LogP contribution in [0.25, 0.3) is 0 Å². The minimum atomic E-state index is -0.757. The highest BCUT2D eigenvalue weighted by Crippen LogP contribution is 2.38. The summed E-state index contributed by atoms with van der Waals surface area (Å²) in [4.78, 5) is 19.5. The highest BCUT2D eigenvalue weighted by Gasteiger charge is 2.32. The van der Waals surface area contributed by atoms with Crippen LogP contribution in [0, 0.1) is 6.92 Å². The Morgan fingerprint density at radius 1 is 1.52 bits per heavy atom. The van der Waals surface area contributed by atoms with E-state index in [4.69, 9.17) is 0 Å². The summed E-state index contributed by atoms with van der Waals surface area (Å²) in [6, 6.07) is 4.60. The number of anilines is 1. The summed E-state index contributed by atoms with van der Waals surface area (Å²) in [5, 5.41) is 13.5. The van der Waals surface area contributed by atoms with Gasteiger partial charge in [-0.05, 0) is 38.8 Å². The number of carboxylic acids is 1. The lowest BCUT2D eigenvalue weighted by molar-refractivity contribution is -0.138. The van der Waals surface area contributed by atoms with Gasteiger partial charge in [0.1, 0.15) is 5.92 Å². The van der Waals surface area contributed by atoms with Crippen molar-refractivity contribution in [2.24, 2.45) is 0 Å². The zero-order chi connectivity index (χ0) is 15.0. The van der Waals surface area contributed by atoms with Gasteiger partial charge in [-0.2, -0.15) is 0 Å². The fourth-order valence-corrected chi connectivity index (χ4v) is 4.86. The Kier molecular flexibility index (Phi) is 3.99. The number of hydrogen-bond acceptors (Lipinski definition) is 5. The van der Waals surface area contributed by atoms with Crippen molar-refractivity contribution < 1.29 is 9.90 Å². The van der Waals surface area contributed by atoms with E-state index in [0.717, 1.165) is 28.5 Å². The van der Waals surface area contributed by atoms with E-state index < -0.39 is 11.9 Å². The van der Waals surface area contributed by atoms with Crippen LogP contribution < -0.4 is 5.32 Å². The van der Waals surface area contributed by atoms with Gasteiger partial charge in [0.2, 0.25) is 0 Å². The molecule has 21 heavy (non-hydrogen) atoms. The average Bonchev–Trinajstić information content (AvgIpc) is 3.04. The first-order chi connectivity index (χ1) is 10.0. The van der Waals surface area contributed by atoms with Crippen LogP contribution in [0.3, 0.4) is 0 Å². The third-order valence-corrected chi connectivity index (χ3v) is 5.77. The molecule has 0 fully saturated rings. The maximum Gasteiger partial charge on any atom is 0.312 e. The van der Waals surface area contributed by atoms with Crippen molar-refractivity contribution in [3.63, 3.8) is 0 Å². The van der Waals surface area contributed by atoms with Crippen LogP contribution in [-0.4, -0.2) is 22.1 Å². The smallest absolute Gasteiger partial charge is 0.312 e. The first-order valence-corrected chi connectivity index (χ1v) is 8.70. The van der Waals surface area contributed by atoms with Crippen LogP contribution in [0.15, 0.2) is 12.1 Å². The first kappa shape index (κ1) is 14.5. The van der Waals surface area contributed by atoms with Crippen molar-refractivity contribution >= 4 is 33.8 Å². The zero-order valence-corrected chi connectivity index (χ0v) is 13.7. The van der Waals surface area contributed by atoms with Crippen molar-refractivity contribution in [2.75, 3.05) is 5.32 Å². The SMILES string of the molecule is Cc1ccc(CC(C)Nc2nc3c(s2)CCC3C(=O)O)s1. The second kappa shape index (κ2) is 5.77. The van der Waals surface area contributed by atoms with Crippen molar-refractivity contribution in [3.05, 3.63) is 32.5 Å². The minimum Gasteiger partial charge on any atom is -0.481 e. The summed E-state index contributed by atoms with van der Waals surface area (Å²) < 4.78 is 0. The van der Waals surface area contributed by atoms with Crippen LogP contribution in [0.4, 0.5) is 5.13 Å². The quantitative estimate of drug-likeness (QED) is 0.881. The lowest BCUT2D eigenvalue weighted by Crippen LogP contribution is -2.17. The van der Waals surface area contributed by atoms with E-state index in [-0.39, 0.29) is 6.04 Å². The third-order valence-electron chi connectivity index (χ3n) is 3.69. The van der Waals surface area contributed by atoms with Crippen LogP contribution in [0.2, 0.25) is 0 Å². The minimum absolute atomic E-state index is 0.289. The van der Waals surface area contributed by atoms with Gasteiger partial charge in [0.25, 0.3) is 0 Å². The third kappa shape index (κ3) is 3.11. The number of carboxylic acid groups (broad SMARTS) is 1. The Morgan fingerprint density at radius 3 is 3.00 bits per heavy atom. The second-order valence-electron chi connectivity index (χ2n) is 5.52. The highest BCUT2D eigenvalue weighted by molar-refractivity contribution is 7.15. The number of rotatable bonds is 5. The number of nitrogens with zero attached hydrogens (tertiary/aromatic N) is 1. The van der Waals surface area contributed by atoms with Gasteiger partial charge < -0.3 is 10.4 Å². The molecule has 1 aliphatic carbocycles. The Labute approximate surface area is 131 Å². The Hall–Kier alpha value is -1.40. The number of hydrogen-bond donors (Lipinski definition) is 2. The van der Waals surface area contributed by atoms with E-state index in [1.807, 2.05) is 11.3 Å². The largest absolute Gasteiger partial charge is 0.481 e. The summed E-state index contributed by atoms with van der Waals surface area (Å²) in [6.45, 7) is 4.25. The van der Waals surface area contributed by atoms with Gasteiger partial charge in [-0.25, -0.2) is 4.98 Å². The lowest BCUT2D eigenvalue weighted by Gasteiger charge is -2.11. The summed E-state index contributed by atoms with van der Waals surface area (Å²) in [5.41, 5.74) is 0.772. The molecule has 2 aromatic heterocycles. The summed E-state index contributed by atoms with van der Waals surface area (Å²) in [5.74, 6) is -1.17. The van der Waals surface area contributed by atoms with Gasteiger partial charge in [-0.1, -0.05) is 0 Å². The van der Waals surface area contributed by atoms with Crippen LogP contribution in [-0.2, 0) is 17.6 Å². The molecule has 0 aromatic carbocycles. The van der Waals surface area contributed by atoms with Crippen LogP contribution in [0.5, 0.6) is 0 Å². The van der Waals surface area contributed by atoms with E-state index in [2.05, 4.69) is 36.3 Å². The van der Waals surface area contributed by atoms with Crippen LogP contribution in [0.1, 0.15) is 39.6 Å². The number of fused-ring (bicyclic) bond motifs is 1. The molecule has 2 heterocycles. The molecule has 2 unspecified atom stereocenters. The maximum atomic E-state index is 11.2. The molecule has 0 aliphatic heterocycles. The molecule has 0 spiro atoms. The fourth-order valence-electron chi connectivity index (χ4n) is 2.69. The number of aryl methyl sites for hydroxylation is 2. The molecule has 0 saturated carbocycles. The zero-order valence-electron chi connectivity index (χ0n) is 12.0. The van der Waals surface area contributed by atoms with Crippen molar-refractivity contribution in [3.8, 4) is 0 Å². The molecule has 3 rings (SSSR count). The number of carbonyl (C=O) groups is 1. The van der Waals surface area contributed by atoms with E-state index in [9.17, 15) is 9.90 Å². The molecule has 0 radical (unpaired) electrons. The van der Waals surface area contributed by atoms with Gasteiger partial charge in [0.05, 0.1) is 5.69 Å². The Morgan fingerprint density at radius 2 is 2.33 bits per heavy atom. The van der Waals surface area contributed by atoms with Gasteiger partial charge in [0, 0.05) is 27.1 Å². The van der Waals surface area contributed by atoms with Crippen LogP contribution >= 0.6 is 22.7 Å². The van der Waals surface area contributed by atoms with E-state index in [1.54, 1.807) is 11.3 Å². The molecule has 112 valence electrons. The molecule has 2 N–H and O–H groups in total. The lowest BCUT2D eigenvalue weighted by atomic mass is 10.1. The van der Waals surface area contributed by atoms with Gasteiger partial charge in [-0.15, -0.1) is 22.7 Å². The number of aromatic nitrogens is 1. The van der Waals surface area contributed by atoms with Gasteiger partial charge in [0.15, 0.2) is 5.13 Å². The first-order valence-electron chi connectivity index (χ1n) is 7.07. The second-order valence-corrected chi connectivity index (χ2v) is 7.97.